The summed E-state index contributed by atoms with van der Waals surface area (Å²) in [7, 11) is 0. The Bertz CT molecular complexity index is 329. The van der Waals surface area contributed by atoms with Crippen molar-refractivity contribution in [1.82, 2.24) is 5.32 Å². The van der Waals surface area contributed by atoms with Gasteiger partial charge < -0.3 is 10.1 Å². The van der Waals surface area contributed by atoms with E-state index < -0.39 is 17.3 Å². The summed E-state index contributed by atoms with van der Waals surface area (Å²) in [6.07, 6.45) is 3.53. The van der Waals surface area contributed by atoms with Gasteiger partial charge in [0.25, 0.3) is 0 Å². The lowest BCUT2D eigenvalue weighted by molar-refractivity contribution is -0.156. The van der Waals surface area contributed by atoms with Crippen molar-refractivity contribution < 1.29 is 14.3 Å². The maximum Gasteiger partial charge on any atom is 0.319 e. The minimum Gasteiger partial charge on any atom is -0.465 e. The lowest BCUT2D eigenvalue weighted by Crippen LogP contribution is -2.46. The van der Waals surface area contributed by atoms with Gasteiger partial charge in [-0.25, -0.2) is 0 Å². The number of esters is 1. The van der Waals surface area contributed by atoms with Crippen LogP contribution in [-0.2, 0) is 14.3 Å². The van der Waals surface area contributed by atoms with Crippen molar-refractivity contribution in [2.75, 3.05) is 6.61 Å². The fourth-order valence-electron chi connectivity index (χ4n) is 2.32. The molecule has 0 aromatic rings. The monoisotopic (exact) mass is 269 g/mol. The van der Waals surface area contributed by atoms with Gasteiger partial charge in [-0.05, 0) is 31.6 Å². The molecule has 1 fully saturated rings. The van der Waals surface area contributed by atoms with Crippen LogP contribution in [0.2, 0.25) is 0 Å². The molecule has 19 heavy (non-hydrogen) atoms. The molecule has 1 rings (SSSR count). The van der Waals surface area contributed by atoms with E-state index in [1.807, 2.05) is 27.7 Å². The van der Waals surface area contributed by atoms with Gasteiger partial charge in [0.1, 0.15) is 5.92 Å². The summed E-state index contributed by atoms with van der Waals surface area (Å²) in [5.41, 5.74) is -0.435. The molecule has 1 amide bonds. The van der Waals surface area contributed by atoms with Crippen molar-refractivity contribution in [2.24, 2.45) is 17.3 Å². The molecule has 1 saturated carbocycles. The van der Waals surface area contributed by atoms with Crippen molar-refractivity contribution in [3.05, 3.63) is 0 Å². The molecule has 0 radical (unpaired) electrons. The van der Waals surface area contributed by atoms with E-state index >= 15 is 0 Å². The zero-order valence-electron chi connectivity index (χ0n) is 12.8. The standard InChI is InChI=1S/C15H27NO3/c1-6-19-14(18)12(15(3,4)5)13(17)16-10(2)9-11-7-8-11/h10-12H,6-9H2,1-5H3,(H,16,17). The van der Waals surface area contributed by atoms with Crippen molar-refractivity contribution in [3.63, 3.8) is 0 Å². The van der Waals surface area contributed by atoms with Crippen LogP contribution in [0.5, 0.6) is 0 Å². The fourth-order valence-corrected chi connectivity index (χ4v) is 2.32. The van der Waals surface area contributed by atoms with Gasteiger partial charge in [-0.1, -0.05) is 33.6 Å². The van der Waals surface area contributed by atoms with Crippen molar-refractivity contribution in [1.29, 1.82) is 0 Å². The molecule has 0 spiro atoms. The Morgan fingerprint density at radius 1 is 1.32 bits per heavy atom. The number of nitrogens with one attached hydrogen (secondary N) is 1. The highest BCUT2D eigenvalue weighted by molar-refractivity contribution is 5.98. The van der Waals surface area contributed by atoms with Gasteiger partial charge in [-0.3, -0.25) is 9.59 Å². The second-order valence-electron chi connectivity index (χ2n) is 6.64. The highest BCUT2D eigenvalue weighted by Gasteiger charge is 2.39. The number of rotatable bonds is 6. The minimum absolute atomic E-state index is 0.124. The lowest BCUT2D eigenvalue weighted by atomic mass is 9.80. The first-order valence-corrected chi connectivity index (χ1v) is 7.22. The van der Waals surface area contributed by atoms with Crippen molar-refractivity contribution in [3.8, 4) is 0 Å². The predicted octanol–water partition coefficient (Wildman–Crippen LogP) is 2.52. The summed E-state index contributed by atoms with van der Waals surface area (Å²) in [5, 5.41) is 2.96. The van der Waals surface area contributed by atoms with Crippen LogP contribution in [0.1, 0.15) is 53.9 Å². The second-order valence-corrected chi connectivity index (χ2v) is 6.64. The Morgan fingerprint density at radius 2 is 1.89 bits per heavy atom. The summed E-state index contributed by atoms with van der Waals surface area (Å²) in [6.45, 7) is 9.72. The van der Waals surface area contributed by atoms with Crippen molar-refractivity contribution >= 4 is 11.9 Å². The van der Waals surface area contributed by atoms with Crippen LogP contribution in [0.4, 0.5) is 0 Å². The van der Waals surface area contributed by atoms with Gasteiger partial charge in [0.2, 0.25) is 5.91 Å². The van der Waals surface area contributed by atoms with E-state index in [2.05, 4.69) is 5.32 Å². The summed E-state index contributed by atoms with van der Waals surface area (Å²) in [6, 6.07) is 0.124. The Hall–Kier alpha value is -1.06. The first-order valence-electron chi connectivity index (χ1n) is 7.22. The lowest BCUT2D eigenvalue weighted by Gasteiger charge is -2.28. The molecule has 2 atom stereocenters. The average Bonchev–Trinajstić information content (AvgIpc) is 2.98. The normalized spacial score (nSPS) is 18.6. The summed E-state index contributed by atoms with van der Waals surface area (Å²) in [4.78, 5) is 24.3. The molecule has 110 valence electrons. The molecule has 1 aliphatic rings. The second kappa shape index (κ2) is 6.40. The molecule has 0 aromatic heterocycles. The highest BCUT2D eigenvalue weighted by Crippen LogP contribution is 2.34. The fraction of sp³-hybridized carbons (Fsp3) is 0.867. The van der Waals surface area contributed by atoms with Crippen LogP contribution in [0.15, 0.2) is 0 Å². The van der Waals surface area contributed by atoms with E-state index in [-0.39, 0.29) is 11.9 Å². The van der Waals surface area contributed by atoms with Gasteiger partial charge in [0, 0.05) is 6.04 Å². The van der Waals surface area contributed by atoms with Crippen molar-refractivity contribution in [2.45, 2.75) is 59.9 Å². The van der Waals surface area contributed by atoms with E-state index in [1.165, 1.54) is 12.8 Å². The zero-order chi connectivity index (χ0) is 14.6. The van der Waals surface area contributed by atoms with Crippen LogP contribution in [0.3, 0.4) is 0 Å². The smallest absolute Gasteiger partial charge is 0.319 e. The maximum absolute atomic E-state index is 12.3. The molecular weight excluding hydrogens is 242 g/mol. The molecular formula is C15H27NO3. The largest absolute Gasteiger partial charge is 0.465 e. The number of hydrogen-bond donors (Lipinski definition) is 1. The van der Waals surface area contributed by atoms with E-state index in [4.69, 9.17) is 4.74 Å². The summed E-state index contributed by atoms with van der Waals surface area (Å²) >= 11 is 0. The maximum atomic E-state index is 12.3. The predicted molar refractivity (Wildman–Crippen MR) is 74.5 cm³/mol. The minimum atomic E-state index is -0.742. The number of hydrogen-bond acceptors (Lipinski definition) is 3. The summed E-state index contributed by atoms with van der Waals surface area (Å²) < 4.78 is 5.03. The Kier molecular flexibility index (Phi) is 5.39. The topological polar surface area (TPSA) is 55.4 Å². The van der Waals surface area contributed by atoms with E-state index in [0.29, 0.717) is 6.61 Å². The highest BCUT2D eigenvalue weighted by atomic mass is 16.5. The number of amides is 1. The van der Waals surface area contributed by atoms with E-state index in [0.717, 1.165) is 12.3 Å². The van der Waals surface area contributed by atoms with Gasteiger partial charge in [-0.2, -0.15) is 0 Å². The quantitative estimate of drug-likeness (QED) is 0.595. The molecule has 4 nitrogen and oxygen atoms in total. The van der Waals surface area contributed by atoms with Gasteiger partial charge >= 0.3 is 5.97 Å². The van der Waals surface area contributed by atoms with Crippen LogP contribution < -0.4 is 5.32 Å². The average molecular weight is 269 g/mol. The molecule has 0 saturated heterocycles. The Labute approximate surface area is 116 Å². The molecule has 1 aliphatic carbocycles. The van der Waals surface area contributed by atoms with Crippen LogP contribution in [0.25, 0.3) is 0 Å². The van der Waals surface area contributed by atoms with Gasteiger partial charge in [-0.15, -0.1) is 0 Å². The third-order valence-corrected chi connectivity index (χ3v) is 3.42. The van der Waals surface area contributed by atoms with E-state index in [9.17, 15) is 9.59 Å². The SMILES string of the molecule is CCOC(=O)C(C(=O)NC(C)CC1CC1)C(C)(C)C. The zero-order valence-corrected chi connectivity index (χ0v) is 12.8. The molecule has 0 heterocycles. The third-order valence-electron chi connectivity index (χ3n) is 3.42. The molecule has 0 aliphatic heterocycles. The summed E-state index contributed by atoms with van der Waals surface area (Å²) in [5.74, 6) is -0.620. The molecule has 0 bridgehead atoms. The third kappa shape index (κ3) is 5.21. The van der Waals surface area contributed by atoms with Crippen LogP contribution >= 0.6 is 0 Å². The number of carbonyl (C=O) groups is 2. The molecule has 0 aromatic carbocycles. The number of carbonyl (C=O) groups excluding carboxylic acids is 2. The van der Waals surface area contributed by atoms with Crippen LogP contribution in [-0.4, -0.2) is 24.5 Å². The van der Waals surface area contributed by atoms with Gasteiger partial charge in [0.05, 0.1) is 6.61 Å². The number of ether oxygens (including phenoxy) is 1. The molecule has 2 unspecified atom stereocenters. The van der Waals surface area contributed by atoms with E-state index in [1.54, 1.807) is 6.92 Å². The first kappa shape index (κ1) is 16.0. The Balaban J connectivity index is 2.62. The van der Waals surface area contributed by atoms with Gasteiger partial charge in [0.15, 0.2) is 0 Å². The Morgan fingerprint density at radius 3 is 2.32 bits per heavy atom. The van der Waals surface area contributed by atoms with Crippen LogP contribution in [0, 0.1) is 17.3 Å². The molecule has 1 N–H and O–H groups in total. The molecule has 4 heteroatoms. The first-order chi connectivity index (χ1) is 8.75.